The number of rotatable bonds is 1. The van der Waals surface area contributed by atoms with E-state index in [9.17, 15) is 0 Å². The Bertz CT molecular complexity index is 311. The summed E-state index contributed by atoms with van der Waals surface area (Å²) in [4.78, 5) is 4.12. The van der Waals surface area contributed by atoms with Gasteiger partial charge in [0.2, 0.25) is 5.69 Å². The smallest absolute Gasteiger partial charge is 0.0559 e. The van der Waals surface area contributed by atoms with Crippen molar-refractivity contribution >= 4 is 14.6 Å². The third kappa shape index (κ3) is 1.46. The van der Waals surface area contributed by atoms with Crippen LogP contribution in [0.25, 0.3) is 0 Å². The largest absolute Gasteiger partial charge is 0.393 e. The average Bonchev–Trinajstić information content (AvgIpc) is 2.64. The highest BCUT2D eigenvalue weighted by molar-refractivity contribution is 7.32. The highest BCUT2D eigenvalue weighted by Crippen LogP contribution is 2.39. The minimum Gasteiger partial charge on any atom is -0.0559 e. The lowest BCUT2D eigenvalue weighted by Crippen LogP contribution is -1.80. The quantitative estimate of drug-likeness (QED) is 0.568. The van der Waals surface area contributed by atoms with Crippen molar-refractivity contribution in [1.82, 2.24) is 0 Å². The Kier molecular flexibility index (Phi) is 1.50. The first-order valence-corrected chi connectivity index (χ1v) is 4.50. The molecule has 0 spiro atoms. The van der Waals surface area contributed by atoms with Gasteiger partial charge in [-0.05, 0) is 29.4 Å². The Morgan fingerprint density at radius 2 is 1.73 bits per heavy atom. The lowest BCUT2D eigenvalue weighted by atomic mass is 10.1. The van der Waals surface area contributed by atoms with Crippen molar-refractivity contribution < 1.29 is 4.47 Å². The van der Waals surface area contributed by atoms with Crippen LogP contribution in [0.15, 0.2) is 23.1 Å². The molecule has 2 nitrogen and oxygen atoms in total. The summed E-state index contributed by atoms with van der Waals surface area (Å²) in [6.07, 6.45) is 0. The first-order valence-electron chi connectivity index (χ1n) is 3.60. The molecule has 3 heteroatoms. The zero-order valence-electron chi connectivity index (χ0n) is 6.63. The van der Waals surface area contributed by atoms with Crippen LogP contribution < -0.4 is 0 Å². The second-order valence-corrected chi connectivity index (χ2v) is 3.68. The van der Waals surface area contributed by atoms with Gasteiger partial charge in [0, 0.05) is 12.1 Å². The van der Waals surface area contributed by atoms with E-state index < -0.39 is 0 Å². The fourth-order valence-electron chi connectivity index (χ4n) is 1.21. The summed E-state index contributed by atoms with van der Waals surface area (Å²) in [5, 5.41) is 0. The fourth-order valence-corrected chi connectivity index (χ4v) is 1.62. The van der Waals surface area contributed by atoms with Gasteiger partial charge >= 0.3 is 8.88 Å². The Morgan fingerprint density at radius 3 is 2.18 bits per heavy atom. The summed E-state index contributed by atoms with van der Waals surface area (Å²) < 4.78 is 2.03. The number of aryl methyl sites for hydroxylation is 2. The van der Waals surface area contributed by atoms with Crippen molar-refractivity contribution in [3.63, 3.8) is 0 Å². The van der Waals surface area contributed by atoms with E-state index in [1.807, 2.05) is 4.47 Å². The topological polar surface area (TPSA) is 15.4 Å². The molecule has 0 bridgehead atoms. The third-order valence-corrected chi connectivity index (χ3v) is 2.31. The van der Waals surface area contributed by atoms with E-state index >= 15 is 0 Å². The van der Waals surface area contributed by atoms with Gasteiger partial charge in [-0.15, -0.1) is 0 Å². The van der Waals surface area contributed by atoms with E-state index in [-0.39, 0.29) is 0 Å². The molecule has 0 radical (unpaired) electrons. The molecule has 1 aromatic rings. The van der Waals surface area contributed by atoms with Gasteiger partial charge in [-0.1, -0.05) is 6.07 Å². The zero-order valence-corrected chi connectivity index (χ0v) is 7.63. The van der Waals surface area contributed by atoms with E-state index in [1.165, 1.54) is 16.8 Å². The zero-order chi connectivity index (χ0) is 7.84. The summed E-state index contributed by atoms with van der Waals surface area (Å²) in [6.45, 7) is 4.23. The molecule has 0 aliphatic carbocycles. The maximum Gasteiger partial charge on any atom is 0.393 e. The van der Waals surface area contributed by atoms with E-state index in [0.717, 1.165) is 0 Å². The van der Waals surface area contributed by atoms with Crippen LogP contribution in [0.5, 0.6) is 0 Å². The van der Waals surface area contributed by atoms with Crippen LogP contribution in [0.3, 0.4) is 0 Å². The Hall–Kier alpha value is -0.750. The van der Waals surface area contributed by atoms with Crippen molar-refractivity contribution in [2.75, 3.05) is 0 Å². The molecule has 0 saturated carbocycles. The Labute approximate surface area is 67.8 Å². The minimum absolute atomic E-state index is 0.653. The molecule has 2 rings (SSSR count). The molecule has 1 aliphatic rings. The van der Waals surface area contributed by atoms with Crippen LogP contribution in [0.2, 0.25) is 0 Å². The minimum atomic E-state index is 0.653. The van der Waals surface area contributed by atoms with Crippen LogP contribution in [-0.2, 0) is 0 Å². The van der Waals surface area contributed by atoms with Crippen LogP contribution in [0.4, 0.5) is 5.69 Å². The van der Waals surface area contributed by atoms with E-state index in [2.05, 4.69) is 36.9 Å². The van der Waals surface area contributed by atoms with Gasteiger partial charge in [0.25, 0.3) is 0 Å². The number of benzene rings is 1. The van der Waals surface area contributed by atoms with E-state index in [4.69, 9.17) is 0 Å². The van der Waals surface area contributed by atoms with Gasteiger partial charge < -0.3 is 0 Å². The summed E-state index contributed by atoms with van der Waals surface area (Å²) in [5.41, 5.74) is 3.86. The summed E-state index contributed by atoms with van der Waals surface area (Å²) in [6, 6.07) is 6.50. The van der Waals surface area contributed by atoms with Crippen LogP contribution in [-0.4, -0.2) is 4.47 Å². The highest BCUT2D eigenvalue weighted by Gasteiger charge is 2.25. The fraction of sp³-hybridized carbons (Fsp3) is 0.250. The number of hydrogen-bond acceptors (Lipinski definition) is 1. The summed E-state index contributed by atoms with van der Waals surface area (Å²) in [5.74, 6) is 0. The molecule has 0 saturated heterocycles. The predicted molar refractivity (Wildman–Crippen MR) is 46.6 cm³/mol. The molecular weight excluding hydrogens is 155 g/mol. The molecule has 1 atom stereocenters. The molecule has 0 N–H and O–H groups in total. The van der Waals surface area contributed by atoms with Crippen molar-refractivity contribution in [1.29, 1.82) is 0 Å². The highest BCUT2D eigenvalue weighted by atomic mass is 31.1. The molecule has 0 fully saturated rings. The lowest BCUT2D eigenvalue weighted by Gasteiger charge is -1.93. The molecule has 1 heterocycles. The molecule has 0 aromatic heterocycles. The van der Waals surface area contributed by atoms with E-state index in [0.29, 0.717) is 8.88 Å². The van der Waals surface area contributed by atoms with Gasteiger partial charge in [-0.2, -0.15) is 0 Å². The molecule has 56 valence electrons. The van der Waals surface area contributed by atoms with Gasteiger partial charge in [0.1, 0.15) is 0 Å². The molecule has 1 aromatic carbocycles. The predicted octanol–water partition coefficient (Wildman–Crippen LogP) is 2.92. The first kappa shape index (κ1) is 6.93. The van der Waals surface area contributed by atoms with Crippen LogP contribution >= 0.6 is 8.88 Å². The molecule has 0 amide bonds. The van der Waals surface area contributed by atoms with Gasteiger partial charge in [-0.3, -0.25) is 0 Å². The summed E-state index contributed by atoms with van der Waals surface area (Å²) in [7, 11) is 0.653. The SMILES string of the molecule is Cc1cc(C)cc([N+]2=NP2)c1. The maximum atomic E-state index is 4.12. The molecule has 1 unspecified atom stereocenters. The van der Waals surface area contributed by atoms with Crippen molar-refractivity contribution in [3.8, 4) is 0 Å². The standard InChI is InChI=1S/C8H10N2P/c1-6-3-7(2)5-8(4-6)10-9-11-10/h3-5,11H,1-2H3/q+1. The average molecular weight is 165 g/mol. The van der Waals surface area contributed by atoms with Gasteiger partial charge in [-0.25, -0.2) is 0 Å². The second kappa shape index (κ2) is 2.38. The maximum absolute atomic E-state index is 4.12. The molecule has 1 aliphatic heterocycles. The normalized spacial score (nSPS) is 16.7. The van der Waals surface area contributed by atoms with Crippen molar-refractivity contribution in [2.45, 2.75) is 13.8 Å². The first-order chi connectivity index (χ1) is 5.25. The van der Waals surface area contributed by atoms with Gasteiger partial charge in [0.15, 0.2) is 0 Å². The molecular formula is C8H10N2P+. The monoisotopic (exact) mass is 165 g/mol. The summed E-state index contributed by atoms with van der Waals surface area (Å²) >= 11 is 0. The lowest BCUT2D eigenvalue weighted by molar-refractivity contribution is -0.259. The number of hydrogen-bond donors (Lipinski definition) is 0. The molecule has 11 heavy (non-hydrogen) atoms. The van der Waals surface area contributed by atoms with Crippen LogP contribution in [0, 0.1) is 13.8 Å². The van der Waals surface area contributed by atoms with Gasteiger partial charge in [0.05, 0.1) is 4.88 Å². The third-order valence-electron chi connectivity index (χ3n) is 1.65. The van der Waals surface area contributed by atoms with E-state index in [1.54, 1.807) is 0 Å². The Balaban J connectivity index is 2.47. The second-order valence-electron chi connectivity index (χ2n) is 2.86. The van der Waals surface area contributed by atoms with Crippen molar-refractivity contribution in [3.05, 3.63) is 29.3 Å². The number of nitrogens with zero attached hydrogens (tertiary/aromatic N) is 2. The van der Waals surface area contributed by atoms with Crippen LogP contribution in [0.1, 0.15) is 11.1 Å². The van der Waals surface area contributed by atoms with Crippen molar-refractivity contribution in [2.24, 2.45) is 4.88 Å². The Morgan fingerprint density at radius 1 is 1.18 bits per heavy atom.